The quantitative estimate of drug-likeness (QED) is 0.186. The summed E-state index contributed by atoms with van der Waals surface area (Å²) in [4.78, 5) is 4.96. The molecule has 0 aliphatic heterocycles. The predicted octanol–water partition coefficient (Wildman–Crippen LogP) is -0.923. The van der Waals surface area contributed by atoms with Crippen molar-refractivity contribution in [1.82, 2.24) is 9.55 Å². The van der Waals surface area contributed by atoms with Crippen molar-refractivity contribution in [2.75, 3.05) is 0 Å². The van der Waals surface area contributed by atoms with Gasteiger partial charge in [0.2, 0.25) is 0 Å². The van der Waals surface area contributed by atoms with Crippen LogP contribution < -0.4 is 60.1 Å². The molecule has 0 saturated carbocycles. The van der Waals surface area contributed by atoms with Crippen LogP contribution in [0.3, 0.4) is 0 Å². The Balaban J connectivity index is 1.20. The zero-order valence-electron chi connectivity index (χ0n) is 33.9. The molecule has 0 atom stereocenters. The molecule has 1 aromatic heterocycles. The lowest BCUT2D eigenvalue weighted by Gasteiger charge is -2.29. The van der Waals surface area contributed by atoms with Crippen LogP contribution in [-0.2, 0) is 5.41 Å². The van der Waals surface area contributed by atoms with Crippen LogP contribution in [0.5, 0.6) is 5.75 Å². The van der Waals surface area contributed by atoms with Gasteiger partial charge in [-0.2, -0.15) is 0 Å². The molecule has 62 heavy (non-hydrogen) atoms. The molecule has 1 aliphatic rings. The first-order valence-corrected chi connectivity index (χ1v) is 19.8. The van der Waals surface area contributed by atoms with Gasteiger partial charge in [-0.05, 0) is 84.8 Å². The minimum atomic E-state index is -0.885. The molecule has 1 N–H and O–H groups in total. The average Bonchev–Trinajstić information content (AvgIpc) is 3.77. The second kappa shape index (κ2) is 14.1. The van der Waals surface area contributed by atoms with E-state index in [9.17, 15) is 5.11 Å². The first kappa shape index (κ1) is 40.3. The Hall–Kier alpha value is -5.74. The highest BCUT2D eigenvalue weighted by Gasteiger charge is 2.42. The summed E-state index contributed by atoms with van der Waals surface area (Å²) in [5.41, 5.74) is 9.40. The van der Waals surface area contributed by atoms with Crippen LogP contribution in [0.4, 0.5) is 0 Å². The monoisotopic (exact) mass is 764 g/mol. The van der Waals surface area contributed by atoms with Gasteiger partial charge in [0.15, 0.2) is 0 Å². The number of nitrogens with zero attached hydrogens (tertiary/aromatic N) is 2. The van der Waals surface area contributed by atoms with Crippen LogP contribution in [-0.4, -0.2) is 101 Å². The van der Waals surface area contributed by atoms with Gasteiger partial charge in [0.1, 0.15) is 97.9 Å². The van der Waals surface area contributed by atoms with Crippen molar-refractivity contribution < 1.29 is 5.11 Å². The molecule has 1 aliphatic carbocycles. The number of imidazole rings is 1. The number of para-hydroxylation sites is 2. The number of aromatic nitrogens is 2. The summed E-state index contributed by atoms with van der Waals surface area (Å²) >= 11 is 0. The van der Waals surface area contributed by atoms with Gasteiger partial charge in [0.05, 0.1) is 11.0 Å². The van der Waals surface area contributed by atoms with Gasteiger partial charge < -0.3 is 5.11 Å². The number of phenols is 1. The maximum Gasteiger partial charge on any atom is 0.144 e. The fourth-order valence-electron chi connectivity index (χ4n) is 9.81. The fraction of sp³-hybridized carbons (Fsp3) is 0.0625. The molecule has 0 bridgehead atoms. The van der Waals surface area contributed by atoms with E-state index >= 15 is 0 Å². The Labute approximate surface area is 375 Å². The van der Waals surface area contributed by atoms with Crippen molar-refractivity contribution in [2.45, 2.75) is 19.3 Å². The molecule has 0 fully saturated rings. The number of hydrogen-bond acceptors (Lipinski definition) is 2. The predicted molar refractivity (Wildman–Crippen MR) is 271 cm³/mol. The summed E-state index contributed by atoms with van der Waals surface area (Å²) < 4.78 is 1.98. The minimum absolute atomic E-state index is 0.00142. The van der Waals surface area contributed by atoms with E-state index in [2.05, 4.69) is 36.4 Å². The van der Waals surface area contributed by atoms with Crippen LogP contribution >= 0.6 is 0 Å². The lowest BCUT2D eigenvalue weighted by molar-refractivity contribution is 0.461. The van der Waals surface area contributed by atoms with E-state index in [-0.39, 0.29) is 60.4 Å². The third kappa shape index (κ3) is 5.37. The average molecular weight is 763 g/mol. The third-order valence-electron chi connectivity index (χ3n) is 12.8. The highest BCUT2D eigenvalue weighted by atomic mass is 16.3. The Bertz CT molecular complexity index is 3380. The largest absolute Gasteiger partial charge is 0.508 e. The van der Waals surface area contributed by atoms with Crippen molar-refractivity contribution in [3.63, 3.8) is 0 Å². The minimum Gasteiger partial charge on any atom is -0.508 e. The molecule has 14 heteroatoms. The second-order valence-electron chi connectivity index (χ2n) is 16.4. The number of aromatic hydroxyl groups is 1. The lowest BCUT2D eigenvalue weighted by Crippen LogP contribution is -2.55. The van der Waals surface area contributed by atoms with E-state index in [1.54, 1.807) is 0 Å². The van der Waals surface area contributed by atoms with Gasteiger partial charge in [0, 0.05) is 22.2 Å². The highest BCUT2D eigenvalue weighted by Crippen LogP contribution is 2.50. The number of rotatable bonds is 4. The third-order valence-corrected chi connectivity index (χ3v) is 12.8. The van der Waals surface area contributed by atoms with Crippen LogP contribution in [0.1, 0.15) is 25.0 Å². The van der Waals surface area contributed by atoms with E-state index in [0.717, 1.165) is 55.0 Å². The number of benzene rings is 8. The molecule has 0 unspecified atom stereocenters. The zero-order valence-corrected chi connectivity index (χ0v) is 33.9. The molecule has 1 heterocycles. The summed E-state index contributed by atoms with van der Waals surface area (Å²) in [5, 5.41) is 15.1. The maximum absolute atomic E-state index is 11.4. The summed E-state index contributed by atoms with van der Waals surface area (Å²) in [6.45, 7) is 3.90. The Kier molecular flexibility index (Phi) is 9.20. The molecule has 8 aromatic carbocycles. The van der Waals surface area contributed by atoms with Crippen molar-refractivity contribution in [1.29, 1.82) is 0 Å². The van der Waals surface area contributed by atoms with Crippen LogP contribution in [0.15, 0.2) is 97.1 Å². The number of hydrogen-bond donors (Lipinski definition) is 1. The smallest absolute Gasteiger partial charge is 0.144 e. The van der Waals surface area contributed by atoms with Crippen LogP contribution in [0, 0.1) is 0 Å². The topological polar surface area (TPSA) is 38.0 Å². The summed E-state index contributed by atoms with van der Waals surface area (Å²) in [7, 11) is 72.7. The molecule has 3 nitrogen and oxygen atoms in total. The first-order valence-electron chi connectivity index (χ1n) is 19.8. The van der Waals surface area contributed by atoms with Crippen molar-refractivity contribution in [3.8, 4) is 56.2 Å². The molecule has 0 amide bonds. The van der Waals surface area contributed by atoms with E-state index in [1.807, 2.05) is 79.1 Å². The van der Waals surface area contributed by atoms with E-state index in [0.29, 0.717) is 44.7 Å². The zero-order chi connectivity index (χ0) is 43.8. The maximum atomic E-state index is 11.4. The van der Waals surface area contributed by atoms with Gasteiger partial charge in [0.25, 0.3) is 0 Å². The molecule has 22 radical (unpaired) electrons. The highest BCUT2D eigenvalue weighted by molar-refractivity contribution is 6.69. The van der Waals surface area contributed by atoms with Gasteiger partial charge in [-0.3, -0.25) is 4.57 Å². The molecule has 10 rings (SSSR count). The van der Waals surface area contributed by atoms with E-state index in [1.165, 1.54) is 0 Å². The number of phenolic OH excluding ortho intramolecular Hbond substituents is 1. The summed E-state index contributed by atoms with van der Waals surface area (Å²) in [6, 6.07) is 32.2. The SMILES string of the molecule is [B]c1c([B])c([B])c(-c2nc3ccccc3n2-c2ccc(-c3c4ccccc4c(-c4c([B])c([B])c5c(c4[B])C(C)(C)c4c(O)c([B])c([B])c([B])c4-5)c4ccccc34)cc2)c([B])c1[B]. The van der Waals surface area contributed by atoms with Crippen LogP contribution in [0.2, 0.25) is 0 Å². The molecule has 0 spiro atoms. The van der Waals surface area contributed by atoms with E-state index < -0.39 is 5.41 Å². The van der Waals surface area contributed by atoms with Crippen molar-refractivity contribution in [3.05, 3.63) is 108 Å². The first-order chi connectivity index (χ1) is 29.6. The molecular weight excluding hydrogens is 739 g/mol. The molecular formula is C48H23B11N2O. The second-order valence-corrected chi connectivity index (χ2v) is 16.4. The van der Waals surface area contributed by atoms with Crippen molar-refractivity contribution >= 4 is 179 Å². The van der Waals surface area contributed by atoms with E-state index in [4.69, 9.17) is 91.3 Å². The molecule has 264 valence electrons. The number of fused-ring (bicyclic) bond motifs is 6. The Morgan fingerprint density at radius 2 is 0.855 bits per heavy atom. The van der Waals surface area contributed by atoms with Crippen LogP contribution in [0.25, 0.3) is 83.0 Å². The van der Waals surface area contributed by atoms with Gasteiger partial charge >= 0.3 is 0 Å². The fourth-order valence-corrected chi connectivity index (χ4v) is 9.81. The lowest BCUT2D eigenvalue weighted by atomic mass is 9.60. The Morgan fingerprint density at radius 3 is 1.44 bits per heavy atom. The Morgan fingerprint density at radius 1 is 0.419 bits per heavy atom. The van der Waals surface area contributed by atoms with Crippen molar-refractivity contribution in [2.24, 2.45) is 0 Å². The molecule has 0 saturated heterocycles. The summed E-state index contributed by atoms with van der Waals surface area (Å²) in [6.07, 6.45) is 0. The summed E-state index contributed by atoms with van der Waals surface area (Å²) in [5.74, 6) is 0.302. The standard InChI is InChI=1S/C48H23B11N2O/c1-48(2)33-29(30-34(48)46(62)45(59)43(57)37(30)51)36(50)38(52)31(35(33)49)28-23-11-5-3-9-21(23)27(22-10-4-6-12-24(22)28)19-15-17-20(18-16-19)61-26-14-8-7-13-25(26)60-47(61)32-39(53)41(55)44(58)42(56)40(32)54/h3-18,62H,1-2H3. The van der Waals surface area contributed by atoms with Gasteiger partial charge in [-0.15, -0.1) is 21.9 Å². The van der Waals surface area contributed by atoms with Gasteiger partial charge in [-0.25, -0.2) is 4.98 Å². The normalized spacial score (nSPS) is 12.9. The van der Waals surface area contributed by atoms with Gasteiger partial charge in [-0.1, -0.05) is 125 Å². The molecule has 9 aromatic rings.